The standard InChI is InChI=1S/C15H12Cl2O3/c16-12-6-5-9(8-13(12)17)11(15(19)20)7-10-3-1-2-4-14(10)18/h1-6,8,11,18H,7H2,(H,19,20). The van der Waals surface area contributed by atoms with Crippen molar-refractivity contribution < 1.29 is 15.0 Å². The normalized spacial score (nSPS) is 12.1. The molecule has 20 heavy (non-hydrogen) atoms. The van der Waals surface area contributed by atoms with Crippen LogP contribution in [0.3, 0.4) is 0 Å². The first-order valence-electron chi connectivity index (χ1n) is 5.93. The Morgan fingerprint density at radius 3 is 2.40 bits per heavy atom. The van der Waals surface area contributed by atoms with E-state index in [-0.39, 0.29) is 12.2 Å². The zero-order valence-corrected chi connectivity index (χ0v) is 11.9. The lowest BCUT2D eigenvalue weighted by molar-refractivity contribution is -0.138. The molecule has 0 fully saturated rings. The first-order chi connectivity index (χ1) is 9.49. The van der Waals surface area contributed by atoms with Crippen molar-refractivity contribution in [1.29, 1.82) is 0 Å². The lowest BCUT2D eigenvalue weighted by Crippen LogP contribution is -2.14. The van der Waals surface area contributed by atoms with Crippen molar-refractivity contribution in [3.8, 4) is 5.75 Å². The highest BCUT2D eigenvalue weighted by Crippen LogP contribution is 2.30. The fourth-order valence-electron chi connectivity index (χ4n) is 1.98. The molecule has 2 aromatic rings. The molecule has 0 aliphatic rings. The van der Waals surface area contributed by atoms with Crippen molar-refractivity contribution in [3.63, 3.8) is 0 Å². The van der Waals surface area contributed by atoms with E-state index < -0.39 is 11.9 Å². The average molecular weight is 311 g/mol. The number of phenols is 1. The fourth-order valence-corrected chi connectivity index (χ4v) is 2.29. The summed E-state index contributed by atoms with van der Waals surface area (Å²) in [5.41, 5.74) is 1.13. The highest BCUT2D eigenvalue weighted by Gasteiger charge is 2.22. The third kappa shape index (κ3) is 3.24. The third-order valence-electron chi connectivity index (χ3n) is 3.06. The largest absolute Gasteiger partial charge is 0.508 e. The molecule has 0 saturated heterocycles. The number of benzene rings is 2. The van der Waals surface area contributed by atoms with Crippen LogP contribution in [0, 0.1) is 0 Å². The molecule has 0 spiro atoms. The zero-order chi connectivity index (χ0) is 14.7. The Hall–Kier alpha value is -1.71. The minimum absolute atomic E-state index is 0.0822. The van der Waals surface area contributed by atoms with Gasteiger partial charge in [0.1, 0.15) is 5.75 Å². The quantitative estimate of drug-likeness (QED) is 0.893. The number of aromatic hydroxyl groups is 1. The van der Waals surface area contributed by atoms with E-state index in [0.29, 0.717) is 21.2 Å². The molecule has 0 bridgehead atoms. The van der Waals surface area contributed by atoms with Crippen LogP contribution in [0.25, 0.3) is 0 Å². The summed E-state index contributed by atoms with van der Waals surface area (Å²) in [6.45, 7) is 0. The number of halogens is 2. The monoisotopic (exact) mass is 310 g/mol. The summed E-state index contributed by atoms with van der Waals surface area (Å²) in [7, 11) is 0. The molecule has 0 amide bonds. The van der Waals surface area contributed by atoms with E-state index in [9.17, 15) is 15.0 Å². The number of aliphatic carboxylic acids is 1. The number of carboxylic acids is 1. The molecule has 0 heterocycles. The molecule has 0 aliphatic carbocycles. The Kier molecular flexibility index (Phi) is 4.53. The van der Waals surface area contributed by atoms with Crippen LogP contribution in [0.5, 0.6) is 5.75 Å². The first kappa shape index (κ1) is 14.7. The lowest BCUT2D eigenvalue weighted by atomic mass is 9.92. The van der Waals surface area contributed by atoms with Gasteiger partial charge in [0.15, 0.2) is 0 Å². The second-order valence-corrected chi connectivity index (χ2v) is 5.21. The number of hydrogen-bond acceptors (Lipinski definition) is 2. The fraction of sp³-hybridized carbons (Fsp3) is 0.133. The van der Waals surface area contributed by atoms with Crippen molar-refractivity contribution in [2.45, 2.75) is 12.3 Å². The summed E-state index contributed by atoms with van der Waals surface area (Å²) in [4.78, 5) is 11.5. The van der Waals surface area contributed by atoms with Gasteiger partial charge in [-0.3, -0.25) is 4.79 Å². The third-order valence-corrected chi connectivity index (χ3v) is 3.80. The second-order valence-electron chi connectivity index (χ2n) is 4.40. The molecule has 2 N–H and O–H groups in total. The van der Waals surface area contributed by atoms with Gasteiger partial charge >= 0.3 is 5.97 Å². The number of para-hydroxylation sites is 1. The SMILES string of the molecule is O=C(O)C(Cc1ccccc1O)c1ccc(Cl)c(Cl)c1. The van der Waals surface area contributed by atoms with Crippen molar-refractivity contribution in [1.82, 2.24) is 0 Å². The molecular weight excluding hydrogens is 299 g/mol. The van der Waals surface area contributed by atoms with Gasteiger partial charge in [-0.2, -0.15) is 0 Å². The van der Waals surface area contributed by atoms with Crippen LogP contribution in [0.15, 0.2) is 42.5 Å². The van der Waals surface area contributed by atoms with Crippen LogP contribution >= 0.6 is 23.2 Å². The van der Waals surface area contributed by atoms with Crippen molar-refractivity contribution in [2.24, 2.45) is 0 Å². The highest BCUT2D eigenvalue weighted by atomic mass is 35.5. The van der Waals surface area contributed by atoms with Crippen LogP contribution in [0.4, 0.5) is 0 Å². The molecule has 5 heteroatoms. The smallest absolute Gasteiger partial charge is 0.311 e. The van der Waals surface area contributed by atoms with Crippen LogP contribution in [0.2, 0.25) is 10.0 Å². The summed E-state index contributed by atoms with van der Waals surface area (Å²) in [6, 6.07) is 11.4. The molecule has 2 rings (SSSR count). The number of carbonyl (C=O) groups is 1. The molecule has 104 valence electrons. The van der Waals surface area contributed by atoms with E-state index in [4.69, 9.17) is 23.2 Å². The van der Waals surface area contributed by atoms with Gasteiger partial charge in [-0.25, -0.2) is 0 Å². The Balaban J connectivity index is 2.34. The number of rotatable bonds is 4. The van der Waals surface area contributed by atoms with E-state index >= 15 is 0 Å². The maximum atomic E-state index is 11.5. The average Bonchev–Trinajstić information content (AvgIpc) is 2.41. The van der Waals surface area contributed by atoms with Gasteiger partial charge in [-0.05, 0) is 35.7 Å². The molecule has 0 radical (unpaired) electrons. The summed E-state index contributed by atoms with van der Waals surface area (Å²) in [6.07, 6.45) is 0.181. The highest BCUT2D eigenvalue weighted by molar-refractivity contribution is 6.42. The van der Waals surface area contributed by atoms with E-state index in [2.05, 4.69) is 0 Å². The van der Waals surface area contributed by atoms with Crippen LogP contribution in [-0.2, 0) is 11.2 Å². The van der Waals surface area contributed by atoms with Gasteiger partial charge in [0.25, 0.3) is 0 Å². The topological polar surface area (TPSA) is 57.5 Å². The minimum Gasteiger partial charge on any atom is -0.508 e. The first-order valence-corrected chi connectivity index (χ1v) is 6.69. The van der Waals surface area contributed by atoms with Crippen LogP contribution in [0.1, 0.15) is 17.0 Å². The van der Waals surface area contributed by atoms with Crippen molar-refractivity contribution in [2.75, 3.05) is 0 Å². The van der Waals surface area contributed by atoms with E-state index in [0.717, 1.165) is 0 Å². The molecule has 1 atom stereocenters. The maximum absolute atomic E-state index is 11.5. The number of phenolic OH excluding ortho intramolecular Hbond substituents is 1. The lowest BCUT2D eigenvalue weighted by Gasteiger charge is -2.14. The van der Waals surface area contributed by atoms with Crippen molar-refractivity contribution >= 4 is 29.2 Å². The predicted octanol–water partition coefficient (Wildman–Crippen LogP) is 4.11. The molecule has 0 aromatic heterocycles. The second kappa shape index (κ2) is 6.16. The predicted molar refractivity (Wildman–Crippen MR) is 78.6 cm³/mol. The van der Waals surface area contributed by atoms with Gasteiger partial charge in [0, 0.05) is 0 Å². The molecule has 3 nitrogen and oxygen atoms in total. The summed E-state index contributed by atoms with van der Waals surface area (Å²) >= 11 is 11.8. The van der Waals surface area contributed by atoms with E-state index in [1.54, 1.807) is 36.4 Å². The summed E-state index contributed by atoms with van der Waals surface area (Å²) in [5, 5.41) is 19.8. The Morgan fingerprint density at radius 1 is 1.10 bits per heavy atom. The molecule has 1 unspecified atom stereocenters. The van der Waals surface area contributed by atoms with Gasteiger partial charge < -0.3 is 10.2 Å². The van der Waals surface area contributed by atoms with Gasteiger partial charge in [-0.1, -0.05) is 47.5 Å². The Labute approximate surface area is 126 Å². The molecule has 2 aromatic carbocycles. The van der Waals surface area contributed by atoms with Crippen molar-refractivity contribution in [3.05, 3.63) is 63.6 Å². The van der Waals surface area contributed by atoms with Gasteiger partial charge in [0.05, 0.1) is 16.0 Å². The summed E-state index contributed by atoms with van der Waals surface area (Å²) in [5.74, 6) is -1.69. The minimum atomic E-state index is -0.980. The number of hydrogen-bond donors (Lipinski definition) is 2. The zero-order valence-electron chi connectivity index (χ0n) is 10.4. The Bertz CT molecular complexity index is 641. The molecule has 0 aliphatic heterocycles. The van der Waals surface area contributed by atoms with Crippen LogP contribution < -0.4 is 0 Å². The van der Waals surface area contributed by atoms with E-state index in [1.165, 1.54) is 6.07 Å². The Morgan fingerprint density at radius 2 is 1.80 bits per heavy atom. The van der Waals surface area contributed by atoms with Gasteiger partial charge in [-0.15, -0.1) is 0 Å². The van der Waals surface area contributed by atoms with Gasteiger partial charge in [0.2, 0.25) is 0 Å². The molecular formula is C15H12Cl2O3. The molecule has 0 saturated carbocycles. The van der Waals surface area contributed by atoms with E-state index in [1.807, 2.05) is 0 Å². The van der Waals surface area contributed by atoms with Crippen LogP contribution in [-0.4, -0.2) is 16.2 Å². The maximum Gasteiger partial charge on any atom is 0.311 e. The number of carboxylic acid groups (broad SMARTS) is 1. The summed E-state index contributed by atoms with van der Waals surface area (Å²) < 4.78 is 0.